The normalized spacial score (nSPS) is 14.0. The van der Waals surface area contributed by atoms with Gasteiger partial charge in [-0.15, -0.1) is 0 Å². The van der Waals surface area contributed by atoms with E-state index in [1.54, 1.807) is 12.5 Å². The Hall–Kier alpha value is -4.19. The first-order valence-corrected chi connectivity index (χ1v) is 11.5. The zero-order valence-electron chi connectivity index (χ0n) is 18.5. The van der Waals surface area contributed by atoms with E-state index in [9.17, 15) is 9.90 Å². The minimum Gasteiger partial charge on any atom is -0.481 e. The first-order valence-electron chi connectivity index (χ1n) is 11.5. The Morgan fingerprint density at radius 3 is 2.94 bits per heavy atom. The zero-order chi connectivity index (χ0) is 23.1. The smallest absolute Gasteiger partial charge is 0.304 e. The maximum Gasteiger partial charge on any atom is 0.304 e. The Morgan fingerprint density at radius 1 is 1.12 bits per heavy atom. The van der Waals surface area contributed by atoms with E-state index in [1.807, 2.05) is 54.6 Å². The van der Waals surface area contributed by atoms with Crippen LogP contribution in [0.3, 0.4) is 0 Å². The number of carboxylic acid groups (broad SMARTS) is 1. The summed E-state index contributed by atoms with van der Waals surface area (Å²) >= 11 is 0. The summed E-state index contributed by atoms with van der Waals surface area (Å²) in [6.07, 6.45) is 5.57. The van der Waals surface area contributed by atoms with Crippen LogP contribution in [-0.4, -0.2) is 27.6 Å². The monoisotopic (exact) mass is 449 g/mol. The van der Waals surface area contributed by atoms with E-state index in [1.165, 1.54) is 5.56 Å². The fourth-order valence-electron chi connectivity index (χ4n) is 4.83. The number of hydrogen-bond acceptors (Lipinski definition) is 5. The quantitative estimate of drug-likeness (QED) is 0.342. The van der Waals surface area contributed by atoms with E-state index < -0.39 is 5.97 Å². The Kier molecular flexibility index (Phi) is 4.99. The van der Waals surface area contributed by atoms with Gasteiger partial charge in [0.2, 0.25) is 0 Å². The number of anilines is 1. The number of furan rings is 1. The van der Waals surface area contributed by atoms with Crippen LogP contribution in [0.2, 0.25) is 0 Å². The average Bonchev–Trinajstić information content (AvgIpc) is 3.29. The topological polar surface area (TPSA) is 88.2 Å². The van der Waals surface area contributed by atoms with Gasteiger partial charge in [0.1, 0.15) is 11.4 Å². The molecule has 1 unspecified atom stereocenters. The number of pyridine rings is 2. The summed E-state index contributed by atoms with van der Waals surface area (Å²) in [4.78, 5) is 21.1. The number of aliphatic carboxylic acids is 1. The van der Waals surface area contributed by atoms with Crippen molar-refractivity contribution in [3.8, 4) is 11.3 Å². The molecule has 0 saturated carbocycles. The molecule has 6 heteroatoms. The van der Waals surface area contributed by atoms with Crippen molar-refractivity contribution in [3.05, 3.63) is 89.8 Å². The van der Waals surface area contributed by atoms with Gasteiger partial charge in [-0.25, -0.2) is 4.98 Å². The van der Waals surface area contributed by atoms with Crippen LogP contribution in [0.4, 0.5) is 5.82 Å². The SMILES string of the molecule is O=C(O)CC(c1cnc2ccccc2c1)c1coc2cc(-c3ccc4c(n3)NCCC4)ccc12. The van der Waals surface area contributed by atoms with Crippen LogP contribution < -0.4 is 5.32 Å². The molecule has 34 heavy (non-hydrogen) atoms. The molecular formula is C28H23N3O3. The molecule has 2 aromatic carbocycles. The summed E-state index contributed by atoms with van der Waals surface area (Å²) in [6.45, 7) is 0.943. The summed E-state index contributed by atoms with van der Waals surface area (Å²) in [6, 6.07) is 20.0. The van der Waals surface area contributed by atoms with Crippen LogP contribution in [0.5, 0.6) is 0 Å². The number of aryl methyl sites for hydroxylation is 1. The highest BCUT2D eigenvalue weighted by atomic mass is 16.4. The Labute approximate surface area is 196 Å². The third-order valence-corrected chi connectivity index (χ3v) is 6.56. The number of hydrogen-bond donors (Lipinski definition) is 2. The van der Waals surface area contributed by atoms with Gasteiger partial charge in [-0.3, -0.25) is 9.78 Å². The fraction of sp³-hybridized carbons (Fsp3) is 0.179. The average molecular weight is 450 g/mol. The molecule has 168 valence electrons. The first kappa shape index (κ1) is 20.4. The van der Waals surface area contributed by atoms with Crippen molar-refractivity contribution >= 4 is 33.7 Å². The molecule has 1 atom stereocenters. The second-order valence-electron chi connectivity index (χ2n) is 8.75. The van der Waals surface area contributed by atoms with Crippen LogP contribution in [0.15, 0.2) is 77.5 Å². The van der Waals surface area contributed by atoms with Crippen LogP contribution in [0.1, 0.15) is 35.4 Å². The summed E-state index contributed by atoms with van der Waals surface area (Å²) in [7, 11) is 0. The second kappa shape index (κ2) is 8.30. The maximum atomic E-state index is 11.8. The van der Waals surface area contributed by atoms with Gasteiger partial charge in [-0.2, -0.15) is 0 Å². The third kappa shape index (κ3) is 3.67. The zero-order valence-corrected chi connectivity index (χ0v) is 18.5. The predicted octanol–water partition coefficient (Wildman–Crippen LogP) is 6.01. The molecule has 0 aliphatic carbocycles. The lowest BCUT2D eigenvalue weighted by Gasteiger charge is -2.17. The summed E-state index contributed by atoms with van der Waals surface area (Å²) < 4.78 is 5.94. The van der Waals surface area contributed by atoms with E-state index in [0.717, 1.165) is 63.9 Å². The van der Waals surface area contributed by atoms with E-state index in [0.29, 0.717) is 5.58 Å². The van der Waals surface area contributed by atoms with Gasteiger partial charge in [0.15, 0.2) is 0 Å². The molecule has 6 nitrogen and oxygen atoms in total. The molecule has 0 radical (unpaired) electrons. The van der Waals surface area contributed by atoms with Gasteiger partial charge in [0.25, 0.3) is 0 Å². The highest BCUT2D eigenvalue weighted by Gasteiger charge is 2.23. The molecule has 5 aromatic rings. The molecule has 1 aliphatic rings. The van der Waals surface area contributed by atoms with Gasteiger partial charge < -0.3 is 14.8 Å². The van der Waals surface area contributed by atoms with Crippen molar-refractivity contribution in [1.29, 1.82) is 0 Å². The Bertz CT molecular complexity index is 1540. The molecule has 2 N–H and O–H groups in total. The first-order chi connectivity index (χ1) is 16.7. The number of para-hydroxylation sites is 1. The van der Waals surface area contributed by atoms with Gasteiger partial charge in [0, 0.05) is 40.6 Å². The summed E-state index contributed by atoms with van der Waals surface area (Å²) in [5, 5.41) is 14.9. The third-order valence-electron chi connectivity index (χ3n) is 6.56. The minimum atomic E-state index is -0.866. The van der Waals surface area contributed by atoms with Crippen LogP contribution in [0.25, 0.3) is 33.1 Å². The number of nitrogens with zero attached hydrogens (tertiary/aromatic N) is 2. The second-order valence-corrected chi connectivity index (χ2v) is 8.75. The largest absolute Gasteiger partial charge is 0.481 e. The molecule has 0 saturated heterocycles. The van der Waals surface area contributed by atoms with E-state index in [2.05, 4.69) is 16.4 Å². The minimum absolute atomic E-state index is 0.0472. The lowest BCUT2D eigenvalue weighted by molar-refractivity contribution is -0.137. The van der Waals surface area contributed by atoms with Crippen LogP contribution in [0, 0.1) is 0 Å². The highest BCUT2D eigenvalue weighted by molar-refractivity contribution is 5.87. The molecule has 0 fully saturated rings. The predicted molar refractivity (Wildman–Crippen MR) is 132 cm³/mol. The number of nitrogens with one attached hydrogen (secondary N) is 1. The van der Waals surface area contributed by atoms with Gasteiger partial charge in [-0.1, -0.05) is 36.4 Å². The van der Waals surface area contributed by atoms with Crippen LogP contribution in [-0.2, 0) is 11.2 Å². The van der Waals surface area contributed by atoms with Crippen molar-refractivity contribution in [1.82, 2.24) is 9.97 Å². The number of rotatable bonds is 5. The van der Waals surface area contributed by atoms with Crippen molar-refractivity contribution in [2.45, 2.75) is 25.2 Å². The van der Waals surface area contributed by atoms with Gasteiger partial charge >= 0.3 is 5.97 Å². The molecule has 1 aliphatic heterocycles. The molecule has 0 bridgehead atoms. The van der Waals surface area contributed by atoms with E-state index in [-0.39, 0.29) is 12.3 Å². The Balaban J connectivity index is 1.40. The van der Waals surface area contributed by atoms with Gasteiger partial charge in [-0.05, 0) is 48.2 Å². The standard InChI is InChI=1S/C28H23N3O3/c32-27(33)14-22(20-12-18-4-1-2-6-24(18)30-15-20)23-16-34-26-13-19(7-9-21(23)26)25-10-8-17-5-3-11-29-28(17)31-25/h1-2,4,6-10,12-13,15-16,22H,3,5,11,14H2,(H,29,31)(H,32,33). The molecule has 4 heterocycles. The fourth-order valence-corrected chi connectivity index (χ4v) is 4.83. The highest BCUT2D eigenvalue weighted by Crippen LogP contribution is 2.37. The van der Waals surface area contributed by atoms with Crippen molar-refractivity contribution in [3.63, 3.8) is 0 Å². The molecule has 0 amide bonds. The number of benzene rings is 2. The summed E-state index contributed by atoms with van der Waals surface area (Å²) in [5.41, 5.74) is 6.39. The maximum absolute atomic E-state index is 11.8. The molecule has 0 spiro atoms. The number of carbonyl (C=O) groups is 1. The molecule has 3 aromatic heterocycles. The van der Waals surface area contributed by atoms with E-state index in [4.69, 9.17) is 9.40 Å². The van der Waals surface area contributed by atoms with Crippen molar-refractivity contribution in [2.24, 2.45) is 0 Å². The lowest BCUT2D eigenvalue weighted by atomic mass is 9.88. The number of aromatic nitrogens is 2. The Morgan fingerprint density at radius 2 is 2.03 bits per heavy atom. The molecule has 6 rings (SSSR count). The van der Waals surface area contributed by atoms with E-state index >= 15 is 0 Å². The lowest BCUT2D eigenvalue weighted by Crippen LogP contribution is -2.13. The van der Waals surface area contributed by atoms with Gasteiger partial charge in [0.05, 0.1) is 23.9 Å². The number of carboxylic acids is 1. The van der Waals surface area contributed by atoms with Crippen molar-refractivity contribution < 1.29 is 14.3 Å². The molecular weight excluding hydrogens is 426 g/mol. The number of fused-ring (bicyclic) bond motifs is 3. The summed E-state index contributed by atoms with van der Waals surface area (Å²) in [5.74, 6) is -0.281. The van der Waals surface area contributed by atoms with Crippen LogP contribution >= 0.6 is 0 Å². The van der Waals surface area contributed by atoms with Crippen molar-refractivity contribution in [2.75, 3.05) is 11.9 Å².